The highest BCUT2D eigenvalue weighted by atomic mass is 32.1. The van der Waals surface area contributed by atoms with Crippen LogP contribution in [0.2, 0.25) is 0 Å². The number of nitrogens with one attached hydrogen (secondary N) is 1. The van der Waals surface area contributed by atoms with Gasteiger partial charge in [-0.05, 0) is 25.1 Å². The number of nitrogens with zero attached hydrogens (tertiary/aromatic N) is 2. The summed E-state index contributed by atoms with van der Waals surface area (Å²) in [5, 5.41) is 5.52. The quantitative estimate of drug-likeness (QED) is 0.643. The molecule has 0 aliphatic carbocycles. The van der Waals surface area contributed by atoms with Crippen LogP contribution in [0, 0.1) is 0 Å². The molecule has 0 aliphatic rings. The average molecular weight is 373 g/mol. The number of rotatable bonds is 7. The fourth-order valence-electron chi connectivity index (χ4n) is 2.60. The van der Waals surface area contributed by atoms with Crippen molar-refractivity contribution < 1.29 is 19.1 Å². The lowest BCUT2D eigenvalue weighted by atomic mass is 10.1. The van der Waals surface area contributed by atoms with E-state index in [1.54, 1.807) is 25.5 Å². The zero-order valence-corrected chi connectivity index (χ0v) is 15.3. The normalized spacial score (nSPS) is 10.8. The molecule has 0 atom stereocenters. The van der Waals surface area contributed by atoms with E-state index in [9.17, 15) is 9.59 Å². The van der Waals surface area contributed by atoms with Gasteiger partial charge < -0.3 is 14.0 Å². The summed E-state index contributed by atoms with van der Waals surface area (Å²) in [6, 6.07) is 7.47. The molecule has 1 amide bonds. The number of anilines is 1. The summed E-state index contributed by atoms with van der Waals surface area (Å²) in [5.41, 5.74) is 1.70. The zero-order chi connectivity index (χ0) is 18.5. The monoisotopic (exact) mass is 373 g/mol. The van der Waals surface area contributed by atoms with Crippen LogP contribution in [0.25, 0.3) is 10.9 Å². The standard InChI is InChI=1S/C18H19N3O4S/c1-3-25-17(23)14-11-26-18(19-14)20-16(22)13-5-4-6-15-12(13)7-8-21(15)9-10-24-2/h4-8,11H,3,9-10H2,1-2H3,(H,19,20,22). The van der Waals surface area contributed by atoms with E-state index >= 15 is 0 Å². The third-order valence-electron chi connectivity index (χ3n) is 3.80. The van der Waals surface area contributed by atoms with Crippen molar-refractivity contribution in [3.63, 3.8) is 0 Å². The zero-order valence-electron chi connectivity index (χ0n) is 14.5. The van der Waals surface area contributed by atoms with E-state index in [2.05, 4.69) is 10.3 Å². The number of carbonyl (C=O) groups excluding carboxylic acids is 2. The second kappa shape index (κ2) is 8.11. The molecule has 0 saturated carbocycles. The number of aromatic nitrogens is 2. The van der Waals surface area contributed by atoms with E-state index in [0.717, 1.165) is 10.9 Å². The first-order valence-corrected chi connectivity index (χ1v) is 9.02. The second-order valence-electron chi connectivity index (χ2n) is 5.45. The number of thiazole rings is 1. The number of fused-ring (bicyclic) bond motifs is 1. The molecule has 0 radical (unpaired) electrons. The van der Waals surface area contributed by atoms with E-state index in [0.29, 0.717) is 23.8 Å². The van der Waals surface area contributed by atoms with Crippen LogP contribution in [0.5, 0.6) is 0 Å². The number of carbonyl (C=O) groups is 2. The molecule has 8 heteroatoms. The van der Waals surface area contributed by atoms with Gasteiger partial charge in [0.2, 0.25) is 0 Å². The Morgan fingerprint density at radius 1 is 1.31 bits per heavy atom. The largest absolute Gasteiger partial charge is 0.461 e. The molecule has 26 heavy (non-hydrogen) atoms. The SMILES string of the molecule is CCOC(=O)c1csc(NC(=O)c2cccc3c2ccn3CCOC)n1. The van der Waals surface area contributed by atoms with Gasteiger partial charge in [-0.3, -0.25) is 10.1 Å². The molecular weight excluding hydrogens is 354 g/mol. The van der Waals surface area contributed by atoms with Crippen LogP contribution >= 0.6 is 11.3 Å². The van der Waals surface area contributed by atoms with Crippen molar-refractivity contribution in [1.29, 1.82) is 0 Å². The molecule has 2 aromatic heterocycles. The summed E-state index contributed by atoms with van der Waals surface area (Å²) >= 11 is 1.18. The molecule has 0 saturated heterocycles. The molecule has 3 aromatic rings. The summed E-state index contributed by atoms with van der Waals surface area (Å²) in [4.78, 5) is 28.4. The number of ether oxygens (including phenoxy) is 2. The second-order valence-corrected chi connectivity index (χ2v) is 6.31. The molecule has 2 heterocycles. The number of hydrogen-bond donors (Lipinski definition) is 1. The Morgan fingerprint density at radius 3 is 2.92 bits per heavy atom. The Hall–Kier alpha value is -2.71. The average Bonchev–Trinajstić information content (AvgIpc) is 3.27. The first-order chi connectivity index (χ1) is 12.6. The van der Waals surface area contributed by atoms with Gasteiger partial charge in [0.15, 0.2) is 10.8 Å². The van der Waals surface area contributed by atoms with Crippen LogP contribution in [-0.2, 0) is 16.0 Å². The Morgan fingerprint density at radius 2 is 2.15 bits per heavy atom. The summed E-state index contributed by atoms with van der Waals surface area (Å²) in [7, 11) is 1.66. The van der Waals surface area contributed by atoms with Crippen molar-refractivity contribution in [3.8, 4) is 0 Å². The highest BCUT2D eigenvalue weighted by Crippen LogP contribution is 2.23. The fourth-order valence-corrected chi connectivity index (χ4v) is 3.28. The molecule has 1 aromatic carbocycles. The molecular formula is C18H19N3O4S. The summed E-state index contributed by atoms with van der Waals surface area (Å²) in [5.74, 6) is -0.772. The van der Waals surface area contributed by atoms with Crippen molar-refractivity contribution in [2.45, 2.75) is 13.5 Å². The molecule has 0 fully saturated rings. The van der Waals surface area contributed by atoms with E-state index < -0.39 is 5.97 Å². The van der Waals surface area contributed by atoms with Crippen molar-refractivity contribution in [3.05, 3.63) is 47.1 Å². The van der Waals surface area contributed by atoms with E-state index in [-0.39, 0.29) is 18.2 Å². The van der Waals surface area contributed by atoms with E-state index in [1.807, 2.05) is 29.0 Å². The van der Waals surface area contributed by atoms with Gasteiger partial charge >= 0.3 is 5.97 Å². The third kappa shape index (κ3) is 3.76. The van der Waals surface area contributed by atoms with E-state index in [1.165, 1.54) is 11.3 Å². The molecule has 0 bridgehead atoms. The van der Waals surface area contributed by atoms with Gasteiger partial charge in [0.05, 0.1) is 13.2 Å². The molecule has 7 nitrogen and oxygen atoms in total. The lowest BCUT2D eigenvalue weighted by Gasteiger charge is -2.07. The lowest BCUT2D eigenvalue weighted by molar-refractivity contribution is 0.0520. The van der Waals surface area contributed by atoms with Crippen LogP contribution < -0.4 is 5.32 Å². The molecule has 0 spiro atoms. The van der Waals surface area contributed by atoms with Gasteiger partial charge in [-0.2, -0.15) is 0 Å². The van der Waals surface area contributed by atoms with Gasteiger partial charge in [-0.25, -0.2) is 9.78 Å². The van der Waals surface area contributed by atoms with Gasteiger partial charge in [-0.1, -0.05) is 6.07 Å². The number of esters is 1. The minimum absolute atomic E-state index is 0.191. The van der Waals surface area contributed by atoms with Crippen LogP contribution in [0.15, 0.2) is 35.8 Å². The van der Waals surface area contributed by atoms with Crippen molar-refractivity contribution >= 4 is 39.2 Å². The minimum atomic E-state index is -0.499. The smallest absolute Gasteiger partial charge is 0.357 e. The Balaban J connectivity index is 1.80. The molecule has 3 rings (SSSR count). The predicted molar refractivity (Wildman–Crippen MR) is 99.8 cm³/mol. The number of hydrogen-bond acceptors (Lipinski definition) is 6. The molecule has 0 aliphatic heterocycles. The van der Waals surface area contributed by atoms with Crippen LogP contribution in [-0.4, -0.2) is 41.8 Å². The van der Waals surface area contributed by atoms with Crippen LogP contribution in [0.4, 0.5) is 5.13 Å². The predicted octanol–water partition coefficient (Wildman–Crippen LogP) is 3.17. The summed E-state index contributed by atoms with van der Waals surface area (Å²) in [6.07, 6.45) is 1.93. The molecule has 1 N–H and O–H groups in total. The first-order valence-electron chi connectivity index (χ1n) is 8.14. The maximum Gasteiger partial charge on any atom is 0.357 e. The van der Waals surface area contributed by atoms with Gasteiger partial charge in [0.25, 0.3) is 5.91 Å². The van der Waals surface area contributed by atoms with E-state index in [4.69, 9.17) is 9.47 Å². The first kappa shape index (κ1) is 18.1. The number of amides is 1. The van der Waals surface area contributed by atoms with Crippen LogP contribution in [0.1, 0.15) is 27.8 Å². The number of benzene rings is 1. The third-order valence-corrected chi connectivity index (χ3v) is 4.56. The Kier molecular flexibility index (Phi) is 5.65. The maximum absolute atomic E-state index is 12.7. The van der Waals surface area contributed by atoms with Gasteiger partial charge in [0.1, 0.15) is 0 Å². The maximum atomic E-state index is 12.7. The Labute approximate surface area is 154 Å². The van der Waals surface area contributed by atoms with Gasteiger partial charge in [-0.15, -0.1) is 11.3 Å². The Bertz CT molecular complexity index is 932. The van der Waals surface area contributed by atoms with Crippen LogP contribution in [0.3, 0.4) is 0 Å². The van der Waals surface area contributed by atoms with Crippen molar-refractivity contribution in [2.75, 3.05) is 25.6 Å². The topological polar surface area (TPSA) is 82.5 Å². The highest BCUT2D eigenvalue weighted by molar-refractivity contribution is 7.14. The van der Waals surface area contributed by atoms with Gasteiger partial charge in [0, 0.05) is 41.7 Å². The lowest BCUT2D eigenvalue weighted by Crippen LogP contribution is -2.13. The highest BCUT2D eigenvalue weighted by Gasteiger charge is 2.16. The van der Waals surface area contributed by atoms with Crippen molar-refractivity contribution in [2.24, 2.45) is 0 Å². The molecule has 0 unspecified atom stereocenters. The minimum Gasteiger partial charge on any atom is -0.461 e. The summed E-state index contributed by atoms with van der Waals surface area (Å²) < 4.78 is 12.1. The summed E-state index contributed by atoms with van der Waals surface area (Å²) in [6.45, 7) is 3.31. The number of methoxy groups -OCH3 is 1. The van der Waals surface area contributed by atoms with Crippen molar-refractivity contribution in [1.82, 2.24) is 9.55 Å². The molecule has 136 valence electrons. The fraction of sp³-hybridized carbons (Fsp3) is 0.278.